The van der Waals surface area contributed by atoms with E-state index in [-0.39, 0.29) is 18.6 Å². The van der Waals surface area contributed by atoms with E-state index in [4.69, 9.17) is 10.8 Å². The monoisotopic (exact) mass is 321 g/mol. The first-order chi connectivity index (χ1) is 11.6. The molecule has 3 N–H and O–H groups in total. The first kappa shape index (κ1) is 17.6. The lowest BCUT2D eigenvalue weighted by Crippen LogP contribution is -2.33. The summed E-state index contributed by atoms with van der Waals surface area (Å²) in [7, 11) is 0. The van der Waals surface area contributed by atoms with Gasteiger partial charge in [-0.3, -0.25) is 9.59 Å². The lowest BCUT2D eigenvalue weighted by Gasteiger charge is -2.08. The van der Waals surface area contributed by atoms with E-state index < -0.39 is 18.4 Å². The number of hydrogen-bond acceptors (Lipinski definition) is 4. The maximum atomic E-state index is 12.1. The Labute approximate surface area is 141 Å². The van der Waals surface area contributed by atoms with Crippen LogP contribution in [0.2, 0.25) is 0 Å². The summed E-state index contributed by atoms with van der Waals surface area (Å²) in [6.45, 7) is -0.593. The van der Waals surface area contributed by atoms with Crippen molar-refractivity contribution in [3.05, 3.63) is 71.3 Å². The number of aliphatic hydroxyl groups is 1. The molecule has 2 aromatic carbocycles. The summed E-state index contributed by atoms with van der Waals surface area (Å²) in [5.41, 5.74) is 7.90. The molecule has 24 heavy (non-hydrogen) atoms. The van der Waals surface area contributed by atoms with Crippen LogP contribution in [0.3, 0.4) is 0 Å². The molecule has 0 radical (unpaired) electrons. The first-order valence-corrected chi connectivity index (χ1v) is 7.69. The van der Waals surface area contributed by atoms with Gasteiger partial charge in [0.15, 0.2) is 11.6 Å². The molecule has 2 rings (SSSR count). The zero-order valence-corrected chi connectivity index (χ0v) is 13.2. The number of carbonyl (C=O) groups is 2. The van der Waals surface area contributed by atoms with E-state index in [9.17, 15) is 9.59 Å². The van der Waals surface area contributed by atoms with Gasteiger partial charge in [0.25, 0.3) is 0 Å². The van der Waals surface area contributed by atoms with E-state index in [0.29, 0.717) is 5.56 Å². The largest absolute Gasteiger partial charge is 0.389 e. The molecule has 0 saturated heterocycles. The molecule has 0 bridgehead atoms. The summed E-state index contributed by atoms with van der Waals surface area (Å²) < 4.78 is 0. The Morgan fingerprint density at radius 2 is 1.54 bits per heavy atom. The predicted molar refractivity (Wildman–Crippen MR) is 92.5 cm³/mol. The van der Waals surface area contributed by atoms with Crippen LogP contribution in [0.4, 0.5) is 0 Å². The number of aliphatic hydroxyl groups excluding tert-OH is 1. The molecule has 4 heteroatoms. The van der Waals surface area contributed by atoms with Crippen molar-refractivity contribution in [1.82, 2.24) is 0 Å². The topological polar surface area (TPSA) is 80.4 Å². The molecule has 4 nitrogen and oxygen atoms in total. The van der Waals surface area contributed by atoms with Crippen LogP contribution < -0.4 is 5.73 Å². The SMILES string of the molecule is N[C@@H](CCC(=O)c1ccc(C#Cc2ccccc2)cc1)C(=O)CO. The van der Waals surface area contributed by atoms with E-state index in [1.165, 1.54) is 0 Å². The van der Waals surface area contributed by atoms with Gasteiger partial charge in [-0.05, 0) is 30.7 Å². The van der Waals surface area contributed by atoms with Gasteiger partial charge < -0.3 is 10.8 Å². The van der Waals surface area contributed by atoms with E-state index in [0.717, 1.165) is 11.1 Å². The second-order valence-electron chi connectivity index (χ2n) is 5.39. The predicted octanol–water partition coefficient (Wildman–Crippen LogP) is 1.94. The van der Waals surface area contributed by atoms with Crippen molar-refractivity contribution in [3.8, 4) is 11.8 Å². The molecule has 0 heterocycles. The van der Waals surface area contributed by atoms with Crippen LogP contribution in [-0.4, -0.2) is 29.3 Å². The average Bonchev–Trinajstić information content (AvgIpc) is 2.64. The number of hydrogen-bond donors (Lipinski definition) is 2. The third-order valence-corrected chi connectivity index (χ3v) is 3.58. The minimum Gasteiger partial charge on any atom is -0.389 e. The third kappa shape index (κ3) is 5.17. The highest BCUT2D eigenvalue weighted by Crippen LogP contribution is 2.09. The van der Waals surface area contributed by atoms with Gasteiger partial charge in [-0.1, -0.05) is 42.2 Å². The second kappa shape index (κ2) is 8.78. The number of nitrogens with two attached hydrogens (primary N) is 1. The van der Waals surface area contributed by atoms with Gasteiger partial charge in [0.1, 0.15) is 6.61 Å². The highest BCUT2D eigenvalue weighted by atomic mass is 16.3. The van der Waals surface area contributed by atoms with Crippen molar-refractivity contribution in [3.63, 3.8) is 0 Å². The Balaban J connectivity index is 1.95. The minimum atomic E-state index is -0.796. The first-order valence-electron chi connectivity index (χ1n) is 7.69. The van der Waals surface area contributed by atoms with Crippen LogP contribution in [0, 0.1) is 11.8 Å². The summed E-state index contributed by atoms with van der Waals surface area (Å²) in [6.07, 6.45) is 0.399. The minimum absolute atomic E-state index is 0.0845. The summed E-state index contributed by atoms with van der Waals surface area (Å²) in [5.74, 6) is 5.57. The van der Waals surface area contributed by atoms with Gasteiger partial charge >= 0.3 is 0 Å². The Bertz CT molecular complexity index is 755. The molecule has 0 spiro atoms. The highest BCUT2D eigenvalue weighted by molar-refractivity contribution is 5.96. The fourth-order valence-electron chi connectivity index (χ4n) is 2.11. The van der Waals surface area contributed by atoms with E-state index >= 15 is 0 Å². The van der Waals surface area contributed by atoms with E-state index in [1.807, 2.05) is 30.3 Å². The molecule has 0 unspecified atom stereocenters. The lowest BCUT2D eigenvalue weighted by atomic mass is 10.0. The van der Waals surface area contributed by atoms with Gasteiger partial charge in [-0.2, -0.15) is 0 Å². The summed E-state index contributed by atoms with van der Waals surface area (Å²) in [4.78, 5) is 23.3. The molecule has 0 amide bonds. The third-order valence-electron chi connectivity index (χ3n) is 3.58. The van der Waals surface area contributed by atoms with Crippen LogP contribution >= 0.6 is 0 Å². The van der Waals surface area contributed by atoms with Crippen LogP contribution in [0.15, 0.2) is 54.6 Å². The Morgan fingerprint density at radius 1 is 0.958 bits per heavy atom. The average molecular weight is 321 g/mol. The number of rotatable bonds is 6. The molecular formula is C20H19NO3. The van der Waals surface area contributed by atoms with Gasteiger partial charge in [-0.25, -0.2) is 0 Å². The Hall–Kier alpha value is -2.74. The quantitative estimate of drug-likeness (QED) is 0.629. The molecule has 0 aromatic heterocycles. The standard InChI is InChI=1S/C20H19NO3/c21-18(20(24)14-22)12-13-19(23)17-10-8-16(9-11-17)7-6-15-4-2-1-3-5-15/h1-5,8-11,18,22H,12-14,21H2/t18-/m0/s1. The summed E-state index contributed by atoms with van der Waals surface area (Å²) >= 11 is 0. The number of benzene rings is 2. The van der Waals surface area contributed by atoms with Crippen molar-refractivity contribution in [2.24, 2.45) is 5.73 Å². The molecule has 2 aromatic rings. The zero-order valence-electron chi connectivity index (χ0n) is 13.2. The van der Waals surface area contributed by atoms with Crippen molar-refractivity contribution < 1.29 is 14.7 Å². The van der Waals surface area contributed by atoms with Crippen molar-refractivity contribution in [1.29, 1.82) is 0 Å². The number of carbonyl (C=O) groups excluding carboxylic acids is 2. The van der Waals surface area contributed by atoms with Crippen molar-refractivity contribution >= 4 is 11.6 Å². The zero-order chi connectivity index (χ0) is 17.4. The molecule has 0 aliphatic rings. The smallest absolute Gasteiger partial charge is 0.174 e. The van der Waals surface area contributed by atoms with Gasteiger partial charge in [0, 0.05) is 23.1 Å². The fourth-order valence-corrected chi connectivity index (χ4v) is 2.11. The van der Waals surface area contributed by atoms with Crippen LogP contribution in [0.25, 0.3) is 0 Å². The van der Waals surface area contributed by atoms with Crippen LogP contribution in [-0.2, 0) is 4.79 Å². The molecule has 0 aliphatic carbocycles. The molecule has 122 valence electrons. The van der Waals surface area contributed by atoms with Gasteiger partial charge in [0.05, 0.1) is 6.04 Å². The van der Waals surface area contributed by atoms with E-state index in [2.05, 4.69) is 11.8 Å². The fraction of sp³-hybridized carbons (Fsp3) is 0.200. The molecule has 0 aliphatic heterocycles. The Morgan fingerprint density at radius 3 is 2.12 bits per heavy atom. The van der Waals surface area contributed by atoms with Crippen molar-refractivity contribution in [2.75, 3.05) is 6.61 Å². The molecule has 0 fully saturated rings. The molecule has 0 saturated carbocycles. The molecule has 1 atom stereocenters. The highest BCUT2D eigenvalue weighted by Gasteiger charge is 2.14. The normalized spacial score (nSPS) is 11.2. The molecular weight excluding hydrogens is 302 g/mol. The van der Waals surface area contributed by atoms with Crippen LogP contribution in [0.1, 0.15) is 34.3 Å². The van der Waals surface area contributed by atoms with Gasteiger partial charge in [-0.15, -0.1) is 0 Å². The van der Waals surface area contributed by atoms with Gasteiger partial charge in [0.2, 0.25) is 0 Å². The Kier molecular flexibility index (Phi) is 6.44. The maximum absolute atomic E-state index is 12.1. The van der Waals surface area contributed by atoms with E-state index in [1.54, 1.807) is 24.3 Å². The maximum Gasteiger partial charge on any atom is 0.174 e. The second-order valence-corrected chi connectivity index (χ2v) is 5.39. The summed E-state index contributed by atoms with van der Waals surface area (Å²) in [6, 6.07) is 15.9. The van der Waals surface area contributed by atoms with Crippen LogP contribution in [0.5, 0.6) is 0 Å². The number of ketones is 2. The van der Waals surface area contributed by atoms with Crippen molar-refractivity contribution in [2.45, 2.75) is 18.9 Å². The number of Topliss-reactive ketones (excluding diaryl/α,β-unsaturated/α-hetero) is 2. The lowest BCUT2D eigenvalue weighted by molar-refractivity contribution is -0.123. The summed E-state index contributed by atoms with van der Waals surface area (Å²) in [5, 5.41) is 8.72.